The van der Waals surface area contributed by atoms with Gasteiger partial charge in [0.1, 0.15) is 11.6 Å². The van der Waals surface area contributed by atoms with Crippen LogP contribution in [0.4, 0.5) is 11.5 Å². The van der Waals surface area contributed by atoms with Crippen LogP contribution in [0.5, 0.6) is 5.75 Å². The quantitative estimate of drug-likeness (QED) is 0.864. The summed E-state index contributed by atoms with van der Waals surface area (Å²) in [7, 11) is 1.68. The van der Waals surface area contributed by atoms with Gasteiger partial charge in [0.15, 0.2) is 0 Å². The van der Waals surface area contributed by atoms with Crippen molar-refractivity contribution < 1.29 is 4.74 Å². The van der Waals surface area contributed by atoms with Crippen molar-refractivity contribution in [3.05, 3.63) is 46.6 Å². The molecule has 0 radical (unpaired) electrons. The van der Waals surface area contributed by atoms with E-state index in [1.54, 1.807) is 7.11 Å². The van der Waals surface area contributed by atoms with Gasteiger partial charge in [-0.1, -0.05) is 12.1 Å². The lowest BCUT2D eigenvalue weighted by atomic mass is 10.2. The fourth-order valence-corrected chi connectivity index (χ4v) is 2.85. The van der Waals surface area contributed by atoms with Crippen molar-refractivity contribution >= 4 is 27.4 Å². The second-order valence-electron chi connectivity index (χ2n) is 4.78. The Bertz CT molecular complexity index is 604. The Balaban J connectivity index is 2.47. The number of pyridine rings is 1. The predicted octanol–water partition coefficient (Wildman–Crippen LogP) is 3.65. The van der Waals surface area contributed by atoms with Gasteiger partial charge in [-0.05, 0) is 59.6 Å². The molecule has 0 atom stereocenters. The summed E-state index contributed by atoms with van der Waals surface area (Å²) < 4.78 is 6.44. The predicted molar refractivity (Wildman–Crippen MR) is 90.3 cm³/mol. The van der Waals surface area contributed by atoms with Crippen molar-refractivity contribution in [2.75, 3.05) is 25.1 Å². The minimum atomic E-state index is 0.634. The topological polar surface area (TPSA) is 51.4 Å². The third-order valence-corrected chi connectivity index (χ3v) is 3.76. The monoisotopic (exact) mass is 349 g/mol. The van der Waals surface area contributed by atoms with Crippen molar-refractivity contribution in [2.24, 2.45) is 5.73 Å². The molecule has 4 nitrogen and oxygen atoms in total. The molecule has 0 aliphatic carbocycles. The summed E-state index contributed by atoms with van der Waals surface area (Å²) in [5.41, 5.74) is 7.78. The summed E-state index contributed by atoms with van der Waals surface area (Å²) >= 11 is 3.61. The van der Waals surface area contributed by atoms with Gasteiger partial charge < -0.3 is 15.4 Å². The van der Waals surface area contributed by atoms with Crippen LogP contribution in [0.2, 0.25) is 0 Å². The number of rotatable bonds is 6. The molecule has 5 heteroatoms. The third-order valence-electron chi connectivity index (χ3n) is 3.18. The summed E-state index contributed by atoms with van der Waals surface area (Å²) in [5.74, 6) is 1.70. The number of methoxy groups -OCH3 is 1. The van der Waals surface area contributed by atoms with Gasteiger partial charge in [0.05, 0.1) is 17.3 Å². The van der Waals surface area contributed by atoms with Crippen LogP contribution in [0, 0.1) is 6.92 Å². The second-order valence-corrected chi connectivity index (χ2v) is 5.64. The Hall–Kier alpha value is -1.59. The molecule has 112 valence electrons. The van der Waals surface area contributed by atoms with Gasteiger partial charge in [-0.2, -0.15) is 0 Å². The zero-order valence-electron chi connectivity index (χ0n) is 12.3. The molecule has 0 bridgehead atoms. The van der Waals surface area contributed by atoms with Crippen LogP contribution in [0.25, 0.3) is 0 Å². The molecule has 1 heterocycles. The molecule has 0 unspecified atom stereocenters. The van der Waals surface area contributed by atoms with Gasteiger partial charge >= 0.3 is 0 Å². The van der Waals surface area contributed by atoms with Gasteiger partial charge in [0, 0.05) is 12.7 Å². The number of hydrogen-bond donors (Lipinski definition) is 1. The highest BCUT2D eigenvalue weighted by molar-refractivity contribution is 9.10. The van der Waals surface area contributed by atoms with Crippen LogP contribution in [0.1, 0.15) is 12.0 Å². The summed E-state index contributed by atoms with van der Waals surface area (Å²) in [6.45, 7) is 3.44. The first kappa shape index (κ1) is 15.8. The first-order chi connectivity index (χ1) is 10.2. The van der Waals surface area contributed by atoms with Gasteiger partial charge in [-0.3, -0.25) is 0 Å². The summed E-state index contributed by atoms with van der Waals surface area (Å²) in [6, 6.07) is 10.00. The molecule has 0 aliphatic heterocycles. The van der Waals surface area contributed by atoms with E-state index in [0.29, 0.717) is 6.54 Å². The lowest BCUT2D eigenvalue weighted by Gasteiger charge is -2.26. The first-order valence-electron chi connectivity index (χ1n) is 6.90. The number of halogens is 1. The number of aryl methyl sites for hydroxylation is 1. The van der Waals surface area contributed by atoms with E-state index in [-0.39, 0.29) is 0 Å². The van der Waals surface area contributed by atoms with Crippen molar-refractivity contribution in [3.63, 3.8) is 0 Å². The molecule has 0 spiro atoms. The number of hydrogen-bond acceptors (Lipinski definition) is 4. The second kappa shape index (κ2) is 7.43. The van der Waals surface area contributed by atoms with Crippen LogP contribution in [0.15, 0.2) is 41.0 Å². The maximum absolute atomic E-state index is 5.68. The van der Waals surface area contributed by atoms with Gasteiger partial charge in [0.25, 0.3) is 0 Å². The van der Waals surface area contributed by atoms with Crippen molar-refractivity contribution in [1.29, 1.82) is 0 Å². The molecule has 0 fully saturated rings. The number of benzene rings is 1. The standard InChI is InChI=1S/C16H20BrN3O/c1-12-10-13(17)16(19-11-12)20(9-5-8-18)14-6-3-4-7-15(14)21-2/h3-4,6-7,10-11H,5,8-9,18H2,1-2H3. The van der Waals surface area contributed by atoms with Crippen LogP contribution < -0.4 is 15.4 Å². The van der Waals surface area contributed by atoms with Crippen molar-refractivity contribution in [2.45, 2.75) is 13.3 Å². The fraction of sp³-hybridized carbons (Fsp3) is 0.312. The average Bonchev–Trinajstić information content (AvgIpc) is 2.49. The summed E-state index contributed by atoms with van der Waals surface area (Å²) in [6.07, 6.45) is 2.74. The Labute approximate surface area is 134 Å². The molecule has 2 rings (SSSR count). The first-order valence-corrected chi connectivity index (χ1v) is 7.69. The van der Waals surface area contributed by atoms with E-state index in [2.05, 4.69) is 31.9 Å². The zero-order chi connectivity index (χ0) is 15.2. The number of anilines is 2. The number of ether oxygens (including phenoxy) is 1. The highest BCUT2D eigenvalue weighted by atomic mass is 79.9. The molecule has 1 aromatic carbocycles. The number of para-hydroxylation sites is 2. The van der Waals surface area contributed by atoms with E-state index in [1.165, 1.54) is 0 Å². The Morgan fingerprint density at radius 2 is 2.10 bits per heavy atom. The minimum absolute atomic E-state index is 0.634. The van der Waals surface area contributed by atoms with E-state index >= 15 is 0 Å². The molecule has 2 N–H and O–H groups in total. The number of nitrogens with zero attached hydrogens (tertiary/aromatic N) is 2. The minimum Gasteiger partial charge on any atom is -0.495 e. The summed E-state index contributed by atoms with van der Waals surface area (Å²) in [5, 5.41) is 0. The Morgan fingerprint density at radius 3 is 2.76 bits per heavy atom. The molecular weight excluding hydrogens is 330 g/mol. The van der Waals surface area contributed by atoms with E-state index in [0.717, 1.165) is 40.3 Å². The fourth-order valence-electron chi connectivity index (χ4n) is 2.17. The largest absolute Gasteiger partial charge is 0.495 e. The van der Waals surface area contributed by atoms with Gasteiger partial charge in [0.2, 0.25) is 0 Å². The molecule has 0 saturated heterocycles. The van der Waals surface area contributed by atoms with Gasteiger partial charge in [-0.25, -0.2) is 4.98 Å². The zero-order valence-corrected chi connectivity index (χ0v) is 13.9. The van der Waals surface area contributed by atoms with E-state index in [1.807, 2.05) is 37.4 Å². The molecule has 21 heavy (non-hydrogen) atoms. The molecule has 1 aromatic heterocycles. The Morgan fingerprint density at radius 1 is 1.33 bits per heavy atom. The third kappa shape index (κ3) is 3.74. The van der Waals surface area contributed by atoms with E-state index < -0.39 is 0 Å². The van der Waals surface area contributed by atoms with Crippen LogP contribution in [0.3, 0.4) is 0 Å². The van der Waals surface area contributed by atoms with Crippen molar-refractivity contribution in [3.8, 4) is 5.75 Å². The smallest absolute Gasteiger partial charge is 0.147 e. The van der Waals surface area contributed by atoms with E-state index in [4.69, 9.17) is 10.5 Å². The number of nitrogens with two attached hydrogens (primary N) is 1. The maximum atomic E-state index is 5.68. The van der Waals surface area contributed by atoms with Crippen LogP contribution in [-0.4, -0.2) is 25.2 Å². The summed E-state index contributed by atoms with van der Waals surface area (Å²) in [4.78, 5) is 6.70. The maximum Gasteiger partial charge on any atom is 0.147 e. The normalized spacial score (nSPS) is 10.5. The molecule has 0 aliphatic rings. The van der Waals surface area contributed by atoms with E-state index in [9.17, 15) is 0 Å². The van der Waals surface area contributed by atoms with Gasteiger partial charge in [-0.15, -0.1) is 0 Å². The SMILES string of the molecule is COc1ccccc1N(CCCN)c1ncc(C)cc1Br. The number of aromatic nitrogens is 1. The molecule has 2 aromatic rings. The highest BCUT2D eigenvalue weighted by Gasteiger charge is 2.17. The molecular formula is C16H20BrN3O. The molecule has 0 amide bonds. The lowest BCUT2D eigenvalue weighted by molar-refractivity contribution is 0.415. The lowest BCUT2D eigenvalue weighted by Crippen LogP contribution is -2.23. The Kier molecular flexibility index (Phi) is 5.59. The van der Waals surface area contributed by atoms with Crippen molar-refractivity contribution in [1.82, 2.24) is 4.98 Å². The molecule has 0 saturated carbocycles. The average molecular weight is 350 g/mol. The van der Waals surface area contributed by atoms with Crippen LogP contribution >= 0.6 is 15.9 Å². The highest BCUT2D eigenvalue weighted by Crippen LogP contribution is 2.36. The van der Waals surface area contributed by atoms with Crippen LogP contribution in [-0.2, 0) is 0 Å².